The van der Waals surface area contributed by atoms with Gasteiger partial charge in [0.2, 0.25) is 0 Å². The Balaban J connectivity index is 2.61. The van der Waals surface area contributed by atoms with E-state index >= 15 is 0 Å². The molecule has 0 fully saturated rings. The number of rotatable bonds is 7. The average molecular weight is 302 g/mol. The summed E-state index contributed by atoms with van der Waals surface area (Å²) in [5, 5.41) is 3.69. The van der Waals surface area contributed by atoms with Crippen molar-refractivity contribution in [3.63, 3.8) is 0 Å². The standard InChI is InChI=1S/C16H28ClNS/c1-6-9-18-13(10-12(2)16(3,4)5)11-14-7-8-15(17)19-14/h7-8,12-13,18H,6,9-11H2,1-5H3. The van der Waals surface area contributed by atoms with E-state index in [1.807, 2.05) is 6.07 Å². The molecule has 0 aromatic carbocycles. The molecule has 2 unspecified atom stereocenters. The first-order chi connectivity index (χ1) is 8.82. The van der Waals surface area contributed by atoms with Gasteiger partial charge in [-0.3, -0.25) is 0 Å². The molecule has 1 N–H and O–H groups in total. The maximum Gasteiger partial charge on any atom is 0.0931 e. The number of thiophene rings is 1. The quantitative estimate of drug-likeness (QED) is 0.712. The van der Waals surface area contributed by atoms with Gasteiger partial charge in [0.25, 0.3) is 0 Å². The Bertz CT molecular complexity index is 367. The van der Waals surface area contributed by atoms with Crippen LogP contribution in [0.3, 0.4) is 0 Å². The van der Waals surface area contributed by atoms with Gasteiger partial charge in [0.05, 0.1) is 4.34 Å². The fourth-order valence-electron chi connectivity index (χ4n) is 2.07. The smallest absolute Gasteiger partial charge is 0.0931 e. The van der Waals surface area contributed by atoms with Gasteiger partial charge in [-0.25, -0.2) is 0 Å². The molecule has 0 spiro atoms. The first-order valence-electron chi connectivity index (χ1n) is 7.30. The number of hydrogen-bond donors (Lipinski definition) is 1. The molecule has 0 bridgehead atoms. The lowest BCUT2D eigenvalue weighted by molar-refractivity contribution is 0.222. The van der Waals surface area contributed by atoms with Crippen molar-refractivity contribution in [3.05, 3.63) is 21.3 Å². The van der Waals surface area contributed by atoms with Crippen molar-refractivity contribution in [2.24, 2.45) is 11.3 Å². The molecule has 0 aliphatic rings. The van der Waals surface area contributed by atoms with E-state index in [0.29, 0.717) is 17.4 Å². The normalized spacial score (nSPS) is 15.5. The summed E-state index contributed by atoms with van der Waals surface area (Å²) in [5.74, 6) is 0.706. The van der Waals surface area contributed by atoms with E-state index < -0.39 is 0 Å². The minimum atomic E-state index is 0.374. The Kier molecular flexibility index (Phi) is 6.85. The summed E-state index contributed by atoms with van der Waals surface area (Å²) in [4.78, 5) is 1.39. The molecule has 2 atom stereocenters. The van der Waals surface area contributed by atoms with Crippen molar-refractivity contribution in [1.29, 1.82) is 0 Å². The number of nitrogens with one attached hydrogen (secondary N) is 1. The molecule has 0 saturated heterocycles. The molecule has 1 heterocycles. The highest BCUT2D eigenvalue weighted by Crippen LogP contribution is 2.30. The van der Waals surface area contributed by atoms with Gasteiger partial charge in [-0.15, -0.1) is 11.3 Å². The summed E-state index contributed by atoms with van der Waals surface area (Å²) in [5.41, 5.74) is 0.374. The molecule has 110 valence electrons. The molecule has 1 rings (SSSR count). The molecule has 3 heteroatoms. The van der Waals surface area contributed by atoms with Gasteiger partial charge in [-0.1, -0.05) is 46.2 Å². The van der Waals surface area contributed by atoms with Crippen LogP contribution in [-0.2, 0) is 6.42 Å². The number of halogens is 1. The third kappa shape index (κ3) is 6.29. The van der Waals surface area contributed by atoms with Crippen LogP contribution in [0.15, 0.2) is 12.1 Å². The molecular formula is C16H28ClNS. The van der Waals surface area contributed by atoms with Crippen molar-refractivity contribution < 1.29 is 0 Å². The average Bonchev–Trinajstić information content (AvgIpc) is 2.70. The van der Waals surface area contributed by atoms with Gasteiger partial charge in [0.1, 0.15) is 0 Å². The second kappa shape index (κ2) is 7.66. The first kappa shape index (κ1) is 17.0. The summed E-state index contributed by atoms with van der Waals surface area (Å²) in [6.45, 7) is 12.7. The molecule has 19 heavy (non-hydrogen) atoms. The van der Waals surface area contributed by atoms with E-state index in [-0.39, 0.29) is 0 Å². The second-order valence-corrected chi connectivity index (χ2v) is 8.36. The molecule has 0 radical (unpaired) electrons. The number of hydrogen-bond acceptors (Lipinski definition) is 2. The summed E-state index contributed by atoms with van der Waals surface area (Å²) in [7, 11) is 0. The van der Waals surface area contributed by atoms with Gasteiger partial charge >= 0.3 is 0 Å². The molecular weight excluding hydrogens is 274 g/mol. The summed E-state index contributed by atoms with van der Waals surface area (Å²) in [6.07, 6.45) is 3.50. The van der Waals surface area contributed by atoms with E-state index in [4.69, 9.17) is 11.6 Å². The second-order valence-electron chi connectivity index (χ2n) is 6.56. The molecule has 1 aromatic heterocycles. The predicted octanol–water partition coefficient (Wildman–Crippen LogP) is 5.38. The van der Waals surface area contributed by atoms with Crippen molar-refractivity contribution in [1.82, 2.24) is 5.32 Å². The fourth-order valence-corrected chi connectivity index (χ4v) is 3.24. The lowest BCUT2D eigenvalue weighted by atomic mass is 9.78. The van der Waals surface area contributed by atoms with Gasteiger partial charge in [-0.2, -0.15) is 0 Å². The van der Waals surface area contributed by atoms with Crippen LogP contribution in [0.2, 0.25) is 4.34 Å². The Morgan fingerprint density at radius 2 is 2.00 bits per heavy atom. The van der Waals surface area contributed by atoms with Crippen LogP contribution in [0.5, 0.6) is 0 Å². The van der Waals surface area contributed by atoms with Crippen LogP contribution in [0.25, 0.3) is 0 Å². The third-order valence-electron chi connectivity index (χ3n) is 3.88. The van der Waals surface area contributed by atoms with Crippen LogP contribution >= 0.6 is 22.9 Å². The predicted molar refractivity (Wildman–Crippen MR) is 88.4 cm³/mol. The van der Waals surface area contributed by atoms with Gasteiger partial charge in [0.15, 0.2) is 0 Å². The lowest BCUT2D eigenvalue weighted by Gasteiger charge is -2.31. The van der Waals surface area contributed by atoms with Gasteiger partial charge in [-0.05, 0) is 49.3 Å². The summed E-state index contributed by atoms with van der Waals surface area (Å²) >= 11 is 7.73. The van der Waals surface area contributed by atoms with Crippen LogP contribution in [-0.4, -0.2) is 12.6 Å². The molecule has 0 amide bonds. The van der Waals surface area contributed by atoms with Crippen molar-refractivity contribution in [3.8, 4) is 0 Å². The fraction of sp³-hybridized carbons (Fsp3) is 0.750. The molecule has 0 aliphatic heterocycles. The van der Waals surface area contributed by atoms with Gasteiger partial charge in [0, 0.05) is 10.9 Å². The van der Waals surface area contributed by atoms with Crippen LogP contribution in [0, 0.1) is 11.3 Å². The molecule has 1 nitrogen and oxygen atoms in total. The Hall–Kier alpha value is -0.0500. The Labute approximate surface area is 127 Å². The lowest BCUT2D eigenvalue weighted by Crippen LogP contribution is -2.35. The van der Waals surface area contributed by atoms with Gasteiger partial charge < -0.3 is 5.32 Å². The van der Waals surface area contributed by atoms with Crippen LogP contribution < -0.4 is 5.32 Å². The third-order valence-corrected chi connectivity index (χ3v) is 5.13. The maximum atomic E-state index is 6.02. The molecule has 0 aliphatic carbocycles. The van der Waals surface area contributed by atoms with Crippen molar-refractivity contribution in [2.75, 3.05) is 6.54 Å². The molecule has 1 aromatic rings. The van der Waals surface area contributed by atoms with E-state index in [1.54, 1.807) is 11.3 Å². The summed E-state index contributed by atoms with van der Waals surface area (Å²) < 4.78 is 0.896. The Morgan fingerprint density at radius 1 is 1.32 bits per heavy atom. The zero-order valence-corrected chi connectivity index (χ0v) is 14.5. The van der Waals surface area contributed by atoms with E-state index in [1.165, 1.54) is 17.7 Å². The van der Waals surface area contributed by atoms with E-state index in [2.05, 4.69) is 46.0 Å². The van der Waals surface area contributed by atoms with E-state index in [0.717, 1.165) is 17.3 Å². The molecule has 0 saturated carbocycles. The van der Waals surface area contributed by atoms with Crippen molar-refractivity contribution in [2.45, 2.75) is 59.9 Å². The topological polar surface area (TPSA) is 12.0 Å². The van der Waals surface area contributed by atoms with Crippen LogP contribution in [0.1, 0.15) is 52.3 Å². The highest BCUT2D eigenvalue weighted by atomic mass is 35.5. The SMILES string of the molecule is CCCNC(Cc1ccc(Cl)s1)CC(C)C(C)(C)C. The Morgan fingerprint density at radius 3 is 2.47 bits per heavy atom. The maximum absolute atomic E-state index is 6.02. The summed E-state index contributed by atoms with van der Waals surface area (Å²) in [6, 6.07) is 4.73. The van der Waals surface area contributed by atoms with E-state index in [9.17, 15) is 0 Å². The largest absolute Gasteiger partial charge is 0.314 e. The van der Waals surface area contributed by atoms with Crippen LogP contribution in [0.4, 0.5) is 0 Å². The highest BCUT2D eigenvalue weighted by Gasteiger charge is 2.23. The minimum Gasteiger partial charge on any atom is -0.314 e. The minimum absolute atomic E-state index is 0.374. The monoisotopic (exact) mass is 301 g/mol. The van der Waals surface area contributed by atoms with Crippen molar-refractivity contribution >= 4 is 22.9 Å². The first-order valence-corrected chi connectivity index (χ1v) is 8.50. The highest BCUT2D eigenvalue weighted by molar-refractivity contribution is 7.16. The zero-order chi connectivity index (χ0) is 14.5. The zero-order valence-electron chi connectivity index (χ0n) is 12.9.